The van der Waals surface area contributed by atoms with Crippen molar-refractivity contribution >= 4 is 0 Å². The Kier molecular flexibility index (Phi) is 6.24. The van der Waals surface area contributed by atoms with Gasteiger partial charge in [0.2, 0.25) is 0 Å². The lowest BCUT2D eigenvalue weighted by Gasteiger charge is -2.22. The molecule has 0 heterocycles. The number of hydrogen-bond acceptors (Lipinski definition) is 4. The maximum absolute atomic E-state index is 8.84. The van der Waals surface area contributed by atoms with E-state index in [1.54, 1.807) is 6.92 Å². The Labute approximate surface area is 79.5 Å². The van der Waals surface area contributed by atoms with Gasteiger partial charge in [0, 0.05) is 0 Å². The van der Waals surface area contributed by atoms with Gasteiger partial charge in [-0.05, 0) is 20.8 Å². The zero-order valence-electron chi connectivity index (χ0n) is 8.62. The molecule has 0 saturated heterocycles. The van der Waals surface area contributed by atoms with E-state index in [2.05, 4.69) is 0 Å². The first kappa shape index (κ1) is 12.8. The average molecular weight is 192 g/mol. The minimum absolute atomic E-state index is 0.0114. The van der Waals surface area contributed by atoms with E-state index in [0.717, 1.165) is 0 Å². The van der Waals surface area contributed by atoms with Crippen LogP contribution in [0.5, 0.6) is 0 Å². The first-order valence-electron chi connectivity index (χ1n) is 4.49. The molecule has 0 radical (unpaired) electrons. The van der Waals surface area contributed by atoms with Gasteiger partial charge in [-0.1, -0.05) is 0 Å². The van der Waals surface area contributed by atoms with Crippen molar-refractivity contribution in [2.75, 3.05) is 26.4 Å². The molecule has 0 saturated carbocycles. The fourth-order valence-corrected chi connectivity index (χ4v) is 0.666. The Morgan fingerprint density at radius 1 is 1.23 bits per heavy atom. The second-order valence-corrected chi connectivity index (χ2v) is 3.63. The quantitative estimate of drug-likeness (QED) is 0.565. The zero-order valence-corrected chi connectivity index (χ0v) is 8.62. The van der Waals surface area contributed by atoms with Crippen molar-refractivity contribution in [1.29, 1.82) is 0 Å². The second kappa shape index (κ2) is 6.32. The lowest BCUT2D eigenvalue weighted by atomic mass is 10.1. The van der Waals surface area contributed by atoms with E-state index < -0.39 is 5.60 Å². The molecule has 0 fully saturated rings. The van der Waals surface area contributed by atoms with Crippen molar-refractivity contribution in [3.63, 3.8) is 0 Å². The van der Waals surface area contributed by atoms with Crippen LogP contribution < -0.4 is 0 Å². The van der Waals surface area contributed by atoms with Crippen molar-refractivity contribution in [2.45, 2.75) is 32.5 Å². The summed E-state index contributed by atoms with van der Waals surface area (Å²) in [5.41, 5.74) is -0.508. The van der Waals surface area contributed by atoms with Crippen LogP contribution in [0.25, 0.3) is 0 Å². The van der Waals surface area contributed by atoms with Gasteiger partial charge >= 0.3 is 0 Å². The van der Waals surface area contributed by atoms with Gasteiger partial charge in [-0.15, -0.1) is 0 Å². The summed E-state index contributed by atoms with van der Waals surface area (Å²) in [7, 11) is 0. The molecule has 0 aromatic carbocycles. The highest BCUT2D eigenvalue weighted by Gasteiger charge is 2.16. The average Bonchev–Trinajstić information content (AvgIpc) is 2.12. The van der Waals surface area contributed by atoms with E-state index in [4.69, 9.17) is 19.7 Å². The van der Waals surface area contributed by atoms with Crippen LogP contribution in [0.4, 0.5) is 0 Å². The third-order valence-corrected chi connectivity index (χ3v) is 1.62. The fraction of sp³-hybridized carbons (Fsp3) is 1.00. The van der Waals surface area contributed by atoms with Crippen molar-refractivity contribution in [3.8, 4) is 0 Å². The minimum atomic E-state index is -0.508. The summed E-state index contributed by atoms with van der Waals surface area (Å²) in [6.45, 7) is 6.27. The molecule has 0 aromatic rings. The summed E-state index contributed by atoms with van der Waals surface area (Å²) < 4.78 is 10.5. The van der Waals surface area contributed by atoms with Crippen LogP contribution in [0.2, 0.25) is 0 Å². The molecule has 0 aliphatic rings. The standard InChI is InChI=1S/C9H20O4/c1-8(6-10)12-4-5-13-9(2,3)7-11/h8,10-11H,4-7H2,1-3H3. The van der Waals surface area contributed by atoms with Gasteiger partial charge in [0.05, 0.1) is 38.1 Å². The first-order valence-corrected chi connectivity index (χ1v) is 4.49. The Balaban J connectivity index is 3.35. The monoisotopic (exact) mass is 192 g/mol. The summed E-state index contributed by atoms with van der Waals surface area (Å²) in [6, 6.07) is 0. The Morgan fingerprint density at radius 2 is 1.85 bits per heavy atom. The molecule has 1 unspecified atom stereocenters. The molecule has 0 aromatic heterocycles. The molecule has 0 spiro atoms. The summed E-state index contributed by atoms with van der Waals surface area (Å²) in [6.07, 6.45) is -0.152. The Bertz CT molecular complexity index is 125. The molecule has 80 valence electrons. The fourth-order valence-electron chi connectivity index (χ4n) is 0.666. The van der Waals surface area contributed by atoms with Gasteiger partial charge in [-0.2, -0.15) is 0 Å². The van der Waals surface area contributed by atoms with Gasteiger partial charge in [0.1, 0.15) is 0 Å². The molecule has 0 bridgehead atoms. The van der Waals surface area contributed by atoms with Gasteiger partial charge in [0.15, 0.2) is 0 Å². The number of ether oxygens (including phenoxy) is 2. The number of rotatable bonds is 7. The van der Waals surface area contributed by atoms with Crippen LogP contribution in [-0.2, 0) is 9.47 Å². The van der Waals surface area contributed by atoms with E-state index in [1.165, 1.54) is 0 Å². The van der Waals surface area contributed by atoms with Crippen molar-refractivity contribution in [1.82, 2.24) is 0 Å². The zero-order chi connectivity index (χ0) is 10.3. The lowest BCUT2D eigenvalue weighted by molar-refractivity contribution is -0.0846. The van der Waals surface area contributed by atoms with E-state index in [0.29, 0.717) is 13.2 Å². The molecule has 0 aliphatic heterocycles. The van der Waals surface area contributed by atoms with Crippen LogP contribution in [0.1, 0.15) is 20.8 Å². The maximum atomic E-state index is 8.84. The molecular formula is C9H20O4. The lowest BCUT2D eigenvalue weighted by Crippen LogP contribution is -2.31. The van der Waals surface area contributed by atoms with Crippen molar-refractivity contribution < 1.29 is 19.7 Å². The summed E-state index contributed by atoms with van der Waals surface area (Å²) in [5, 5.41) is 17.5. The van der Waals surface area contributed by atoms with Gasteiger partial charge in [-0.25, -0.2) is 0 Å². The van der Waals surface area contributed by atoms with Crippen LogP contribution in [0.3, 0.4) is 0 Å². The Hall–Kier alpha value is -0.160. The normalized spacial score (nSPS) is 14.5. The molecule has 0 aliphatic carbocycles. The summed E-state index contributed by atoms with van der Waals surface area (Å²) in [4.78, 5) is 0. The van der Waals surface area contributed by atoms with Crippen LogP contribution >= 0.6 is 0 Å². The summed E-state index contributed by atoms with van der Waals surface area (Å²) >= 11 is 0. The van der Waals surface area contributed by atoms with Crippen LogP contribution in [-0.4, -0.2) is 48.3 Å². The van der Waals surface area contributed by atoms with E-state index in [9.17, 15) is 0 Å². The highest BCUT2D eigenvalue weighted by atomic mass is 16.5. The third kappa shape index (κ3) is 6.95. The minimum Gasteiger partial charge on any atom is -0.394 e. The molecule has 0 amide bonds. The topological polar surface area (TPSA) is 58.9 Å². The predicted molar refractivity (Wildman–Crippen MR) is 49.6 cm³/mol. The van der Waals surface area contributed by atoms with E-state index in [1.807, 2.05) is 13.8 Å². The van der Waals surface area contributed by atoms with Gasteiger partial charge in [0.25, 0.3) is 0 Å². The molecule has 0 rings (SSSR count). The van der Waals surface area contributed by atoms with Crippen molar-refractivity contribution in [3.05, 3.63) is 0 Å². The molecule has 2 N–H and O–H groups in total. The third-order valence-electron chi connectivity index (χ3n) is 1.62. The number of aliphatic hydroxyl groups excluding tert-OH is 2. The summed E-state index contributed by atoms with van der Waals surface area (Å²) in [5.74, 6) is 0. The molecule has 13 heavy (non-hydrogen) atoms. The highest BCUT2D eigenvalue weighted by Crippen LogP contribution is 2.06. The predicted octanol–water partition coefficient (Wildman–Crippen LogP) is 0.171. The number of aliphatic hydroxyl groups is 2. The SMILES string of the molecule is CC(CO)OCCOC(C)(C)CO. The van der Waals surface area contributed by atoms with Gasteiger partial charge < -0.3 is 19.7 Å². The molecule has 4 heteroatoms. The maximum Gasteiger partial charge on any atom is 0.0857 e. The van der Waals surface area contributed by atoms with E-state index >= 15 is 0 Å². The van der Waals surface area contributed by atoms with Crippen LogP contribution in [0.15, 0.2) is 0 Å². The molecular weight excluding hydrogens is 172 g/mol. The van der Waals surface area contributed by atoms with Crippen molar-refractivity contribution in [2.24, 2.45) is 0 Å². The van der Waals surface area contributed by atoms with Gasteiger partial charge in [-0.3, -0.25) is 0 Å². The van der Waals surface area contributed by atoms with E-state index in [-0.39, 0.29) is 19.3 Å². The highest BCUT2D eigenvalue weighted by molar-refractivity contribution is 4.65. The first-order chi connectivity index (χ1) is 6.02. The molecule has 4 nitrogen and oxygen atoms in total. The Morgan fingerprint density at radius 3 is 2.31 bits per heavy atom. The second-order valence-electron chi connectivity index (χ2n) is 3.63. The van der Waals surface area contributed by atoms with Crippen LogP contribution in [0, 0.1) is 0 Å². The smallest absolute Gasteiger partial charge is 0.0857 e. The number of hydrogen-bond donors (Lipinski definition) is 2. The largest absolute Gasteiger partial charge is 0.394 e. The molecule has 1 atom stereocenters.